The van der Waals surface area contributed by atoms with E-state index in [1.165, 1.54) is 12.8 Å². The molecule has 0 bridgehead atoms. The third-order valence-electron chi connectivity index (χ3n) is 3.05. The Labute approximate surface area is 107 Å². The molecule has 1 heterocycles. The average Bonchev–Trinajstić information content (AvgIpc) is 3.16. The van der Waals surface area contributed by atoms with Crippen LogP contribution >= 0.6 is 0 Å². The standard InChI is InChI=1S/C14H20N4/c1-4-8-18-10(3)14(12(15)5-2)13(9-16-18)17-11-6-7-11/h4,9,11H,1,3,5-8,15H2,2H3. The van der Waals surface area contributed by atoms with E-state index in [1.54, 1.807) is 17.0 Å². The lowest BCUT2D eigenvalue weighted by Crippen LogP contribution is -2.48. The number of nitrogens with two attached hydrogens (primary N) is 1. The van der Waals surface area contributed by atoms with Gasteiger partial charge in [0, 0.05) is 10.9 Å². The van der Waals surface area contributed by atoms with Crippen molar-refractivity contribution in [2.75, 3.05) is 0 Å². The molecule has 0 aromatic carbocycles. The predicted octanol–water partition coefficient (Wildman–Crippen LogP) is 0.0194. The maximum atomic E-state index is 6.11. The van der Waals surface area contributed by atoms with Gasteiger partial charge in [-0.1, -0.05) is 19.6 Å². The Bertz CT molecular complexity index is 620. The van der Waals surface area contributed by atoms with E-state index in [-0.39, 0.29) is 0 Å². The summed E-state index contributed by atoms with van der Waals surface area (Å²) >= 11 is 0. The Balaban J connectivity index is 2.73. The molecule has 0 saturated heterocycles. The normalized spacial score (nSPS) is 17.7. The molecule has 96 valence electrons. The predicted molar refractivity (Wildman–Crippen MR) is 73.7 cm³/mol. The van der Waals surface area contributed by atoms with E-state index in [0.29, 0.717) is 12.6 Å². The fourth-order valence-corrected chi connectivity index (χ4v) is 1.84. The zero-order valence-corrected chi connectivity index (χ0v) is 10.9. The van der Waals surface area contributed by atoms with E-state index in [1.807, 2.05) is 6.92 Å². The molecular formula is C14H20N4. The minimum Gasteiger partial charge on any atom is -0.401 e. The van der Waals surface area contributed by atoms with Crippen molar-refractivity contribution in [1.82, 2.24) is 9.78 Å². The monoisotopic (exact) mass is 244 g/mol. The van der Waals surface area contributed by atoms with Crippen molar-refractivity contribution >= 4 is 12.3 Å². The van der Waals surface area contributed by atoms with Gasteiger partial charge < -0.3 is 5.73 Å². The van der Waals surface area contributed by atoms with Crippen LogP contribution < -0.4 is 21.7 Å². The lowest BCUT2D eigenvalue weighted by Gasteiger charge is -2.05. The van der Waals surface area contributed by atoms with Gasteiger partial charge in [0.25, 0.3) is 0 Å². The zero-order valence-electron chi connectivity index (χ0n) is 10.9. The van der Waals surface area contributed by atoms with Gasteiger partial charge in [0.05, 0.1) is 29.5 Å². The molecule has 4 heteroatoms. The van der Waals surface area contributed by atoms with Crippen LogP contribution in [0.1, 0.15) is 26.2 Å². The first-order valence-corrected chi connectivity index (χ1v) is 6.35. The molecule has 2 N–H and O–H groups in total. The molecule has 1 fully saturated rings. The Morgan fingerprint density at radius 1 is 1.67 bits per heavy atom. The quantitative estimate of drug-likeness (QED) is 0.759. The van der Waals surface area contributed by atoms with Crippen molar-refractivity contribution in [1.29, 1.82) is 0 Å². The summed E-state index contributed by atoms with van der Waals surface area (Å²) in [6, 6.07) is 0.449. The molecule has 1 saturated carbocycles. The summed E-state index contributed by atoms with van der Waals surface area (Å²) in [6.45, 7) is 10.5. The number of rotatable bonds is 4. The van der Waals surface area contributed by atoms with Crippen LogP contribution in [-0.2, 0) is 6.54 Å². The molecule has 0 radical (unpaired) electrons. The van der Waals surface area contributed by atoms with Gasteiger partial charge in [0.1, 0.15) is 0 Å². The van der Waals surface area contributed by atoms with Crippen molar-refractivity contribution in [3.63, 3.8) is 0 Å². The van der Waals surface area contributed by atoms with Gasteiger partial charge in [-0.3, -0.25) is 9.67 Å². The summed E-state index contributed by atoms with van der Waals surface area (Å²) in [6.07, 6.45) is 6.70. The largest absolute Gasteiger partial charge is 0.401 e. The highest BCUT2D eigenvalue weighted by Gasteiger charge is 2.19. The summed E-state index contributed by atoms with van der Waals surface area (Å²) in [5.41, 5.74) is 6.93. The Kier molecular flexibility index (Phi) is 3.65. The molecule has 2 rings (SSSR count). The van der Waals surface area contributed by atoms with Crippen molar-refractivity contribution in [3.8, 4) is 0 Å². The molecule has 0 aliphatic heterocycles. The molecule has 0 atom stereocenters. The maximum absolute atomic E-state index is 6.11. The van der Waals surface area contributed by atoms with Gasteiger partial charge in [-0.25, -0.2) is 0 Å². The van der Waals surface area contributed by atoms with Crippen molar-refractivity contribution in [2.45, 2.75) is 38.8 Å². The Hall–Kier alpha value is -1.84. The topological polar surface area (TPSA) is 56.2 Å². The van der Waals surface area contributed by atoms with Crippen LogP contribution in [0.4, 0.5) is 0 Å². The minimum absolute atomic E-state index is 0.449. The number of nitrogens with zero attached hydrogens (tertiary/aromatic N) is 3. The van der Waals surface area contributed by atoms with E-state index in [0.717, 1.165) is 28.0 Å². The maximum Gasteiger partial charge on any atom is 0.0889 e. The molecule has 1 aliphatic carbocycles. The molecule has 0 unspecified atom stereocenters. The Morgan fingerprint density at radius 2 is 2.39 bits per heavy atom. The SMILES string of the molecule is C=CCn1ncc(=NC2CC2)c(=C(N)CC)c1=C. The first kappa shape index (κ1) is 12.6. The van der Waals surface area contributed by atoms with E-state index in [9.17, 15) is 0 Å². The molecule has 18 heavy (non-hydrogen) atoms. The smallest absolute Gasteiger partial charge is 0.0889 e. The van der Waals surface area contributed by atoms with E-state index in [4.69, 9.17) is 5.73 Å². The van der Waals surface area contributed by atoms with Gasteiger partial charge in [-0.2, -0.15) is 5.10 Å². The fourth-order valence-electron chi connectivity index (χ4n) is 1.84. The van der Waals surface area contributed by atoms with E-state index >= 15 is 0 Å². The third kappa shape index (κ3) is 2.53. The highest BCUT2D eigenvalue weighted by Crippen LogP contribution is 2.22. The van der Waals surface area contributed by atoms with Gasteiger partial charge in [0.2, 0.25) is 0 Å². The van der Waals surface area contributed by atoms with Crippen LogP contribution in [0, 0.1) is 0 Å². The number of hydrogen-bond acceptors (Lipinski definition) is 3. The minimum atomic E-state index is 0.449. The van der Waals surface area contributed by atoms with Crippen LogP contribution in [0.25, 0.3) is 12.3 Å². The fraction of sp³-hybridized carbons (Fsp3) is 0.429. The third-order valence-corrected chi connectivity index (χ3v) is 3.05. The second-order valence-electron chi connectivity index (χ2n) is 4.56. The summed E-state index contributed by atoms with van der Waals surface area (Å²) in [4.78, 5) is 4.66. The highest BCUT2D eigenvalue weighted by atomic mass is 15.3. The van der Waals surface area contributed by atoms with Crippen molar-refractivity contribution in [2.24, 2.45) is 10.7 Å². The number of aromatic nitrogens is 2. The summed E-state index contributed by atoms with van der Waals surface area (Å²) in [5.74, 6) is 0. The lowest BCUT2D eigenvalue weighted by atomic mass is 10.2. The van der Waals surface area contributed by atoms with Crippen LogP contribution in [-0.4, -0.2) is 15.8 Å². The average molecular weight is 244 g/mol. The van der Waals surface area contributed by atoms with Gasteiger partial charge in [-0.15, -0.1) is 6.58 Å². The first-order chi connectivity index (χ1) is 8.67. The summed E-state index contributed by atoms with van der Waals surface area (Å²) < 4.78 is 1.80. The lowest BCUT2D eigenvalue weighted by molar-refractivity contribution is 0.643. The van der Waals surface area contributed by atoms with Crippen LogP contribution in [0.2, 0.25) is 0 Å². The summed E-state index contributed by atoms with van der Waals surface area (Å²) in [7, 11) is 0. The summed E-state index contributed by atoms with van der Waals surface area (Å²) in [5, 5.41) is 6.98. The van der Waals surface area contributed by atoms with Gasteiger partial charge in [-0.05, 0) is 19.3 Å². The van der Waals surface area contributed by atoms with Crippen molar-refractivity contribution in [3.05, 3.63) is 34.8 Å². The zero-order chi connectivity index (χ0) is 13.1. The molecule has 1 aromatic heterocycles. The molecule has 4 nitrogen and oxygen atoms in total. The van der Waals surface area contributed by atoms with Crippen LogP contribution in [0.3, 0.4) is 0 Å². The van der Waals surface area contributed by atoms with E-state index in [2.05, 4.69) is 23.2 Å². The van der Waals surface area contributed by atoms with Crippen LogP contribution in [0.5, 0.6) is 0 Å². The second-order valence-corrected chi connectivity index (χ2v) is 4.56. The van der Waals surface area contributed by atoms with Crippen molar-refractivity contribution < 1.29 is 0 Å². The van der Waals surface area contributed by atoms with E-state index < -0.39 is 0 Å². The Morgan fingerprint density at radius 3 is 2.94 bits per heavy atom. The molecule has 1 aliphatic rings. The number of allylic oxidation sites excluding steroid dienone is 1. The molecular weight excluding hydrogens is 224 g/mol. The van der Waals surface area contributed by atoms with Gasteiger partial charge in [0.15, 0.2) is 0 Å². The van der Waals surface area contributed by atoms with Gasteiger partial charge >= 0.3 is 0 Å². The molecule has 0 spiro atoms. The highest BCUT2D eigenvalue weighted by molar-refractivity contribution is 5.39. The number of hydrogen-bond donors (Lipinski definition) is 1. The second kappa shape index (κ2) is 5.21. The molecule has 0 amide bonds. The first-order valence-electron chi connectivity index (χ1n) is 6.35. The molecule has 1 aromatic rings. The van der Waals surface area contributed by atoms with Crippen LogP contribution in [0.15, 0.2) is 23.8 Å².